The Morgan fingerprint density at radius 1 is 1.34 bits per heavy atom. The molecule has 1 spiro atoms. The van der Waals surface area contributed by atoms with Crippen molar-refractivity contribution in [1.29, 1.82) is 0 Å². The van der Waals surface area contributed by atoms with Crippen molar-refractivity contribution >= 4 is 11.8 Å². The first-order valence-corrected chi connectivity index (χ1v) is 15.0. The Balaban J connectivity index is 1.20. The molecule has 10 nitrogen and oxygen atoms in total. The maximum Gasteiger partial charge on any atom is 0.243 e. The van der Waals surface area contributed by atoms with Gasteiger partial charge in [-0.2, -0.15) is 0 Å². The van der Waals surface area contributed by atoms with Crippen molar-refractivity contribution in [3.05, 3.63) is 41.5 Å². The number of nitrogens with one attached hydrogen (secondary N) is 3. The van der Waals surface area contributed by atoms with E-state index in [1.54, 1.807) is 25.7 Å². The number of ether oxygens (including phenoxy) is 2. The number of aromatic nitrogens is 2. The second-order valence-electron chi connectivity index (χ2n) is 13.4. The Kier molecular flexibility index (Phi) is 6.35. The SMILES string of the molecule is COC1[C@@H]2Oc3c(O)ccc4c3[C@@]23CCN(CC2CC2)[C@H](C4)C3C[C@@]1(C)CNC(=O)[C@H](Cc1cnc[nH]1)NC(C)=O. The van der Waals surface area contributed by atoms with Crippen molar-refractivity contribution < 1.29 is 24.2 Å². The number of rotatable bonds is 9. The van der Waals surface area contributed by atoms with Gasteiger partial charge in [0.1, 0.15) is 18.2 Å². The van der Waals surface area contributed by atoms with Gasteiger partial charge in [0.05, 0.1) is 6.33 Å². The Labute approximate surface area is 240 Å². The molecule has 220 valence electrons. The number of piperidine rings is 1. The average molecular weight is 564 g/mol. The minimum absolute atomic E-state index is 0.201. The highest BCUT2D eigenvalue weighted by Crippen LogP contribution is 2.66. The molecule has 1 aromatic heterocycles. The highest BCUT2D eigenvalue weighted by Gasteiger charge is 2.70. The van der Waals surface area contributed by atoms with Gasteiger partial charge in [-0.3, -0.25) is 14.5 Å². The summed E-state index contributed by atoms with van der Waals surface area (Å²) < 4.78 is 13.0. The number of phenols is 1. The molecule has 2 aliphatic heterocycles. The molecule has 7 atom stereocenters. The van der Waals surface area contributed by atoms with Gasteiger partial charge < -0.3 is 30.2 Å². The van der Waals surface area contributed by atoms with Crippen LogP contribution in [0.1, 0.15) is 56.4 Å². The van der Waals surface area contributed by atoms with Crippen LogP contribution < -0.4 is 15.4 Å². The first-order valence-electron chi connectivity index (χ1n) is 15.0. The van der Waals surface area contributed by atoms with E-state index in [1.807, 2.05) is 0 Å². The molecule has 1 saturated heterocycles. The summed E-state index contributed by atoms with van der Waals surface area (Å²) in [5.74, 6) is 1.46. The molecule has 1 aromatic carbocycles. The van der Waals surface area contributed by atoms with E-state index in [0.29, 0.717) is 30.7 Å². The van der Waals surface area contributed by atoms with Crippen molar-refractivity contribution in [2.45, 2.75) is 82.1 Å². The molecule has 7 rings (SSSR count). The third-order valence-corrected chi connectivity index (χ3v) is 10.7. The smallest absolute Gasteiger partial charge is 0.243 e. The van der Waals surface area contributed by atoms with Crippen LogP contribution in [0.25, 0.3) is 0 Å². The zero-order valence-electron chi connectivity index (χ0n) is 24.1. The highest BCUT2D eigenvalue weighted by atomic mass is 16.5. The van der Waals surface area contributed by atoms with Crippen molar-refractivity contribution in [3.63, 3.8) is 0 Å². The number of carbonyl (C=O) groups is 2. The van der Waals surface area contributed by atoms with Crippen LogP contribution in [0.5, 0.6) is 11.5 Å². The minimum atomic E-state index is -0.720. The van der Waals surface area contributed by atoms with E-state index in [9.17, 15) is 14.7 Å². The van der Waals surface area contributed by atoms with Gasteiger partial charge in [0.2, 0.25) is 11.8 Å². The fourth-order valence-corrected chi connectivity index (χ4v) is 8.78. The molecule has 2 aromatic rings. The third-order valence-electron chi connectivity index (χ3n) is 10.7. The molecule has 10 heteroatoms. The average Bonchev–Trinajstić information content (AvgIpc) is 3.47. The number of nitrogens with zero attached hydrogens (tertiary/aromatic N) is 2. The van der Waals surface area contributed by atoms with Crippen LogP contribution in [0.3, 0.4) is 0 Å². The van der Waals surface area contributed by atoms with Crippen molar-refractivity contribution in [2.24, 2.45) is 17.3 Å². The van der Waals surface area contributed by atoms with E-state index in [4.69, 9.17) is 9.47 Å². The molecule has 5 aliphatic rings. The number of aromatic hydroxyl groups is 1. The zero-order chi connectivity index (χ0) is 28.5. The third kappa shape index (κ3) is 4.24. The molecule has 41 heavy (non-hydrogen) atoms. The van der Waals surface area contributed by atoms with Gasteiger partial charge >= 0.3 is 0 Å². The van der Waals surface area contributed by atoms with E-state index in [0.717, 1.165) is 44.0 Å². The lowest BCUT2D eigenvalue weighted by Gasteiger charge is -2.63. The first kappa shape index (κ1) is 26.8. The summed E-state index contributed by atoms with van der Waals surface area (Å²) in [7, 11) is 1.73. The molecule has 4 N–H and O–H groups in total. The maximum absolute atomic E-state index is 13.5. The number of aromatic amines is 1. The van der Waals surface area contributed by atoms with Crippen molar-refractivity contribution in [2.75, 3.05) is 26.7 Å². The lowest BCUT2D eigenvalue weighted by Crippen LogP contribution is -2.72. The van der Waals surface area contributed by atoms with Gasteiger partial charge in [-0.25, -0.2) is 4.98 Å². The van der Waals surface area contributed by atoms with Gasteiger partial charge in [0.15, 0.2) is 11.5 Å². The minimum Gasteiger partial charge on any atom is -0.504 e. The van der Waals surface area contributed by atoms with Crippen LogP contribution in [0, 0.1) is 17.3 Å². The summed E-state index contributed by atoms with van der Waals surface area (Å²) in [5, 5.41) is 16.9. The molecule has 2 bridgehead atoms. The summed E-state index contributed by atoms with van der Waals surface area (Å²) in [4.78, 5) is 35.2. The van der Waals surface area contributed by atoms with Gasteiger partial charge in [0.25, 0.3) is 0 Å². The predicted molar refractivity (Wildman–Crippen MR) is 151 cm³/mol. The van der Waals surface area contributed by atoms with Crippen molar-refractivity contribution in [3.8, 4) is 11.5 Å². The molecule has 3 aliphatic carbocycles. The Bertz CT molecular complexity index is 1340. The Morgan fingerprint density at radius 3 is 2.88 bits per heavy atom. The largest absolute Gasteiger partial charge is 0.504 e. The van der Waals surface area contributed by atoms with Crippen LogP contribution in [0.2, 0.25) is 0 Å². The van der Waals surface area contributed by atoms with Crippen LogP contribution in [-0.2, 0) is 32.6 Å². The fraction of sp³-hybridized carbons (Fsp3) is 0.645. The lowest BCUT2D eigenvalue weighted by molar-refractivity contribution is -0.172. The van der Waals surface area contributed by atoms with Gasteiger partial charge in [-0.15, -0.1) is 0 Å². The fourth-order valence-electron chi connectivity index (χ4n) is 8.78. The number of amides is 2. The molecule has 0 radical (unpaired) electrons. The number of phenolic OH excluding ortho intramolecular Hbond substituents is 1. The first-order chi connectivity index (χ1) is 19.7. The molecule has 2 amide bonds. The Hall–Kier alpha value is -3.11. The summed E-state index contributed by atoms with van der Waals surface area (Å²) in [6.07, 6.45) is 8.46. The molecule has 3 fully saturated rings. The zero-order valence-corrected chi connectivity index (χ0v) is 24.1. The van der Waals surface area contributed by atoms with Crippen LogP contribution >= 0.6 is 0 Å². The number of methoxy groups -OCH3 is 1. The maximum atomic E-state index is 13.5. The normalized spacial score (nSPS) is 33.9. The number of likely N-dealkylation sites (tertiary alicyclic amines) is 1. The summed E-state index contributed by atoms with van der Waals surface area (Å²) >= 11 is 0. The quantitative estimate of drug-likeness (QED) is 0.368. The number of hydrogen-bond donors (Lipinski definition) is 4. The van der Waals surface area contributed by atoms with E-state index in [2.05, 4.69) is 38.5 Å². The molecular formula is C31H41N5O5. The molecule has 2 unspecified atom stereocenters. The second-order valence-corrected chi connectivity index (χ2v) is 13.4. The molecule has 3 heterocycles. The summed E-state index contributed by atoms with van der Waals surface area (Å²) in [6.45, 7) is 6.18. The van der Waals surface area contributed by atoms with E-state index < -0.39 is 11.5 Å². The number of benzene rings is 1. The highest BCUT2D eigenvalue weighted by molar-refractivity contribution is 5.87. The monoisotopic (exact) mass is 563 g/mol. The van der Waals surface area contributed by atoms with Crippen LogP contribution in [-0.4, -0.2) is 82.8 Å². The molecular weight excluding hydrogens is 522 g/mol. The number of carbonyl (C=O) groups excluding carboxylic acids is 2. The van der Waals surface area contributed by atoms with Gasteiger partial charge in [-0.05, 0) is 62.1 Å². The van der Waals surface area contributed by atoms with Gasteiger partial charge in [0, 0.05) is 67.9 Å². The van der Waals surface area contributed by atoms with E-state index in [1.165, 1.54) is 30.9 Å². The lowest BCUT2D eigenvalue weighted by atomic mass is 9.47. The summed E-state index contributed by atoms with van der Waals surface area (Å²) in [6, 6.07) is 3.55. The van der Waals surface area contributed by atoms with Gasteiger partial charge in [-0.1, -0.05) is 13.0 Å². The molecule has 2 saturated carbocycles. The topological polar surface area (TPSA) is 129 Å². The van der Waals surface area contributed by atoms with Crippen LogP contribution in [0.15, 0.2) is 24.7 Å². The van der Waals surface area contributed by atoms with Crippen LogP contribution in [0.4, 0.5) is 0 Å². The van der Waals surface area contributed by atoms with E-state index in [-0.39, 0.29) is 35.2 Å². The Morgan fingerprint density at radius 2 is 2.17 bits per heavy atom. The predicted octanol–water partition coefficient (Wildman–Crippen LogP) is 2.06. The number of hydrogen-bond acceptors (Lipinski definition) is 7. The van der Waals surface area contributed by atoms with E-state index >= 15 is 0 Å². The summed E-state index contributed by atoms with van der Waals surface area (Å²) in [5.41, 5.74) is 2.64. The number of imidazole rings is 1. The standard InChI is InChI=1S/C31H41N5O5/c1-17(37)35-22(11-20-13-32-16-34-20)29(39)33-15-30(2)12-21-23-10-19-6-7-24(38)26-25(19)31(21,28(41-26)27(30)40-3)8-9-36(23)14-18-4-5-18/h6-7,13,16,18,21-23,27-28,38H,4-5,8-12,14-15H2,1-3H3,(H,32,34)(H,33,39)(H,35,37)/t21?,22-,23+,27?,28-,30-,31-/m0/s1. The van der Waals surface area contributed by atoms with Crippen molar-refractivity contribution in [1.82, 2.24) is 25.5 Å². The number of H-pyrrole nitrogens is 1. The second kappa shape index (κ2) is 9.73.